The van der Waals surface area contributed by atoms with E-state index in [0.717, 1.165) is 38.0 Å². The van der Waals surface area contributed by atoms with E-state index < -0.39 is 0 Å². The lowest BCUT2D eigenvalue weighted by Gasteiger charge is -2.44. The number of hydrogen-bond acceptors (Lipinski definition) is 3. The molecule has 0 radical (unpaired) electrons. The van der Waals surface area contributed by atoms with Crippen molar-refractivity contribution in [3.05, 3.63) is 205 Å². The van der Waals surface area contributed by atoms with Gasteiger partial charge in [-0.05, 0) is 88.5 Å². The molecule has 0 saturated carbocycles. The molecule has 8 aromatic rings. The third-order valence-corrected chi connectivity index (χ3v) is 14.2. The van der Waals surface area contributed by atoms with E-state index in [9.17, 15) is 0 Å². The fourth-order valence-corrected chi connectivity index (χ4v) is 11.3. The summed E-state index contributed by atoms with van der Waals surface area (Å²) in [6, 6.07) is 41.7. The zero-order valence-electron chi connectivity index (χ0n) is 34.6. The molecule has 3 aliphatic carbocycles. The maximum absolute atomic E-state index is 4.26. The van der Waals surface area contributed by atoms with Gasteiger partial charge in [-0.2, -0.15) is 0 Å². The Morgan fingerprint density at radius 1 is 0.548 bits per heavy atom. The van der Waals surface area contributed by atoms with Crippen molar-refractivity contribution in [2.45, 2.75) is 49.7 Å². The molecule has 4 atom stereocenters. The summed E-state index contributed by atoms with van der Waals surface area (Å²) in [7, 11) is 0. The third kappa shape index (κ3) is 5.51. The van der Waals surface area contributed by atoms with Gasteiger partial charge in [-0.3, -0.25) is 9.88 Å². The highest BCUT2D eigenvalue weighted by atomic mass is 15.2. The number of nitrogens with zero attached hydrogens (tertiary/aromatic N) is 2. The standard InChI is InChI=1S/C57H47N5/c1-3-16-36(17-4-1)38-20-15-21-39(32-38)56-55(37-18-5-2-6-19-37)59-48-30-29-40(33-49(48)60-56)61-50-27-12-11-24-43(50)46-34-47-52(35-51(46)61)62(53-28-13-14-31-58-53)57-45-26-10-8-23-42(45)41-22-7-9-25-44(41)54(47)57/h1-5,7-16,18,20-30,32,34-36,49,55-56,58-60H,6,17,19,31,33H2. The van der Waals surface area contributed by atoms with E-state index >= 15 is 0 Å². The smallest absolute Gasteiger partial charge is 0.111 e. The first-order valence-electron chi connectivity index (χ1n) is 22.4. The molecule has 6 aromatic carbocycles. The number of rotatable bonds is 5. The minimum Gasteiger partial charge on any atom is -0.379 e. The Bertz CT molecular complexity index is 3450. The molecule has 300 valence electrons. The molecule has 1 saturated heterocycles. The molecule has 4 unspecified atom stereocenters. The van der Waals surface area contributed by atoms with E-state index in [2.05, 4.69) is 207 Å². The van der Waals surface area contributed by atoms with E-state index in [1.165, 1.54) is 93.3 Å². The van der Waals surface area contributed by atoms with Gasteiger partial charge in [-0.15, -0.1) is 0 Å². The molecule has 0 spiro atoms. The van der Waals surface area contributed by atoms with Gasteiger partial charge in [0.1, 0.15) is 5.82 Å². The van der Waals surface area contributed by atoms with Crippen molar-refractivity contribution in [2.75, 3.05) is 6.54 Å². The Labute approximate surface area is 361 Å². The average molecular weight is 802 g/mol. The molecule has 2 aliphatic heterocycles. The molecule has 3 N–H and O–H groups in total. The third-order valence-electron chi connectivity index (χ3n) is 14.2. The number of dihydropyridines is 1. The van der Waals surface area contributed by atoms with Crippen LogP contribution in [-0.2, 0) is 0 Å². The van der Waals surface area contributed by atoms with Crippen LogP contribution < -0.4 is 16.0 Å². The molecule has 5 nitrogen and oxygen atoms in total. The fourth-order valence-electron chi connectivity index (χ4n) is 11.3. The molecule has 4 heterocycles. The van der Waals surface area contributed by atoms with Crippen LogP contribution in [0.15, 0.2) is 193 Å². The summed E-state index contributed by atoms with van der Waals surface area (Å²) in [5.41, 5.74) is 11.7. The molecular weight excluding hydrogens is 755 g/mol. The summed E-state index contributed by atoms with van der Waals surface area (Å²) in [6.07, 6.45) is 31.3. The van der Waals surface area contributed by atoms with Gasteiger partial charge in [0.2, 0.25) is 0 Å². The maximum atomic E-state index is 4.26. The molecule has 0 bridgehead atoms. The number of allylic oxidation sites excluding steroid dienone is 11. The van der Waals surface area contributed by atoms with Gasteiger partial charge in [0.05, 0.1) is 40.2 Å². The maximum Gasteiger partial charge on any atom is 0.111 e. The van der Waals surface area contributed by atoms with Crippen molar-refractivity contribution in [1.82, 2.24) is 25.1 Å². The number of hydrogen-bond donors (Lipinski definition) is 3. The normalized spacial score (nSPS) is 22.2. The van der Waals surface area contributed by atoms with Gasteiger partial charge < -0.3 is 15.2 Å². The zero-order valence-corrected chi connectivity index (χ0v) is 34.6. The average Bonchev–Trinajstić information content (AvgIpc) is 3.86. The number of fused-ring (bicyclic) bond motifs is 12. The van der Waals surface area contributed by atoms with Gasteiger partial charge in [-0.1, -0.05) is 146 Å². The minimum atomic E-state index is 0.126. The first kappa shape index (κ1) is 35.7. The van der Waals surface area contributed by atoms with Crippen LogP contribution in [-0.4, -0.2) is 27.8 Å². The summed E-state index contributed by atoms with van der Waals surface area (Å²) < 4.78 is 5.05. The molecule has 2 aromatic heterocycles. The molecule has 62 heavy (non-hydrogen) atoms. The van der Waals surface area contributed by atoms with Gasteiger partial charge in [0, 0.05) is 57.2 Å². The van der Waals surface area contributed by atoms with E-state index in [1.807, 2.05) is 0 Å². The second kappa shape index (κ2) is 14.3. The molecule has 13 rings (SSSR count). The second-order valence-corrected chi connectivity index (χ2v) is 17.6. The number of nitrogens with one attached hydrogen (secondary N) is 3. The van der Waals surface area contributed by atoms with Crippen LogP contribution in [0.25, 0.3) is 76.7 Å². The fraction of sp³-hybridized carbons (Fsp3) is 0.158. The Morgan fingerprint density at radius 2 is 1.34 bits per heavy atom. The highest BCUT2D eigenvalue weighted by molar-refractivity contribution is 6.34. The lowest BCUT2D eigenvalue weighted by Crippen LogP contribution is -2.55. The van der Waals surface area contributed by atoms with Crippen molar-refractivity contribution in [3.8, 4) is 0 Å². The van der Waals surface area contributed by atoms with Crippen LogP contribution in [0.4, 0.5) is 0 Å². The predicted octanol–water partition coefficient (Wildman–Crippen LogP) is 12.8. The van der Waals surface area contributed by atoms with Crippen LogP contribution in [0, 0.1) is 0 Å². The number of aromatic nitrogens is 2. The summed E-state index contributed by atoms with van der Waals surface area (Å²) in [6.45, 7) is 0.792. The number of para-hydroxylation sites is 1. The van der Waals surface area contributed by atoms with Crippen molar-refractivity contribution < 1.29 is 0 Å². The quantitative estimate of drug-likeness (QED) is 0.152. The van der Waals surface area contributed by atoms with E-state index in [1.54, 1.807) is 0 Å². The van der Waals surface area contributed by atoms with Crippen molar-refractivity contribution in [1.29, 1.82) is 0 Å². The Morgan fingerprint density at radius 3 is 2.16 bits per heavy atom. The Balaban J connectivity index is 0.996. The SMILES string of the molecule is C1=CCCC(C2NC3=CC=C(n4c5ccccc5c5cc6c7c8ccccc8c8ccccc8c7n(C7=CC=CCN7)c6cc54)CC3NC2c2cccc(C3C=CC=CC3)c2)=C1. The monoisotopic (exact) mass is 801 g/mol. The van der Waals surface area contributed by atoms with E-state index in [-0.39, 0.29) is 18.1 Å². The molecule has 5 heteroatoms. The summed E-state index contributed by atoms with van der Waals surface area (Å²) in [5.74, 6) is 1.51. The Hall–Kier alpha value is -7.08. The molecule has 1 fully saturated rings. The lowest BCUT2D eigenvalue weighted by atomic mass is 9.82. The number of benzene rings is 6. The zero-order chi connectivity index (χ0) is 40.7. The van der Waals surface area contributed by atoms with Crippen LogP contribution in [0.2, 0.25) is 0 Å². The predicted molar refractivity (Wildman–Crippen MR) is 261 cm³/mol. The first-order valence-corrected chi connectivity index (χ1v) is 22.4. The summed E-state index contributed by atoms with van der Waals surface area (Å²) in [5, 5.41) is 22.4. The van der Waals surface area contributed by atoms with Crippen LogP contribution >= 0.6 is 0 Å². The largest absolute Gasteiger partial charge is 0.379 e. The van der Waals surface area contributed by atoms with E-state index in [4.69, 9.17) is 0 Å². The second-order valence-electron chi connectivity index (χ2n) is 17.6. The van der Waals surface area contributed by atoms with Crippen LogP contribution in [0.3, 0.4) is 0 Å². The number of piperazine rings is 1. The molecule has 0 amide bonds. The lowest BCUT2D eigenvalue weighted by molar-refractivity contribution is 0.331. The molecule has 5 aliphatic rings. The first-order chi connectivity index (χ1) is 30.8. The topological polar surface area (TPSA) is 46.0 Å². The van der Waals surface area contributed by atoms with Crippen LogP contribution in [0.5, 0.6) is 0 Å². The van der Waals surface area contributed by atoms with Crippen LogP contribution in [0.1, 0.15) is 48.8 Å². The van der Waals surface area contributed by atoms with Gasteiger partial charge in [0.15, 0.2) is 0 Å². The van der Waals surface area contributed by atoms with Gasteiger partial charge >= 0.3 is 0 Å². The minimum absolute atomic E-state index is 0.126. The highest BCUT2D eigenvalue weighted by Gasteiger charge is 2.37. The highest BCUT2D eigenvalue weighted by Crippen LogP contribution is 2.46. The van der Waals surface area contributed by atoms with Gasteiger partial charge in [-0.25, -0.2) is 0 Å². The Kier molecular flexibility index (Phi) is 8.20. The summed E-state index contributed by atoms with van der Waals surface area (Å²) >= 11 is 0. The van der Waals surface area contributed by atoms with Crippen molar-refractivity contribution in [3.63, 3.8) is 0 Å². The van der Waals surface area contributed by atoms with Crippen molar-refractivity contribution in [2.24, 2.45) is 0 Å². The summed E-state index contributed by atoms with van der Waals surface area (Å²) in [4.78, 5) is 0. The van der Waals surface area contributed by atoms with Gasteiger partial charge in [0.25, 0.3) is 0 Å². The van der Waals surface area contributed by atoms with Crippen molar-refractivity contribution >= 4 is 76.7 Å². The van der Waals surface area contributed by atoms with E-state index in [0.29, 0.717) is 5.92 Å². The molecular formula is C57H47N5.